The fraction of sp³-hybridized carbons (Fsp3) is 0.556. The second-order valence-corrected chi connectivity index (χ2v) is 6.20. The summed E-state index contributed by atoms with van der Waals surface area (Å²) >= 11 is 4.27. The Bertz CT molecular complexity index is 502. The van der Waals surface area contributed by atoms with E-state index in [4.69, 9.17) is 9.84 Å². The lowest BCUT2D eigenvalue weighted by Gasteiger charge is -2.13. The predicted octanol–water partition coefficient (Wildman–Crippen LogP) is 4.94. The molecule has 1 atom stereocenters. The molecule has 128 valence electrons. The van der Waals surface area contributed by atoms with E-state index in [1.807, 2.05) is 0 Å². The minimum atomic E-state index is -1.14. The maximum absolute atomic E-state index is 12.1. The highest BCUT2D eigenvalue weighted by Crippen LogP contribution is 2.16. The summed E-state index contributed by atoms with van der Waals surface area (Å²) in [4.78, 5) is 23.2. The van der Waals surface area contributed by atoms with Crippen molar-refractivity contribution in [2.24, 2.45) is 0 Å². The minimum absolute atomic E-state index is 0.0473. The molecule has 1 unspecified atom stereocenters. The maximum Gasteiger partial charge on any atom is 0.340 e. The van der Waals surface area contributed by atoms with E-state index >= 15 is 0 Å². The Morgan fingerprint density at radius 1 is 1.04 bits per heavy atom. The van der Waals surface area contributed by atoms with Crippen LogP contribution >= 0.6 is 12.6 Å². The number of unbranched alkanes of at least 4 members (excludes halogenated alkanes) is 6. The number of carboxylic acids is 1. The van der Waals surface area contributed by atoms with Gasteiger partial charge in [0.1, 0.15) is 5.44 Å². The summed E-state index contributed by atoms with van der Waals surface area (Å²) < 4.78 is 5.23. The van der Waals surface area contributed by atoms with Crippen molar-refractivity contribution in [1.29, 1.82) is 0 Å². The third-order valence-electron chi connectivity index (χ3n) is 3.68. The number of hydrogen-bond donors (Lipinski definition) is 2. The monoisotopic (exact) mass is 338 g/mol. The van der Waals surface area contributed by atoms with E-state index in [2.05, 4.69) is 19.6 Å². The van der Waals surface area contributed by atoms with Crippen LogP contribution in [0, 0.1) is 0 Å². The first-order valence-electron chi connectivity index (χ1n) is 8.27. The summed E-state index contributed by atoms with van der Waals surface area (Å²) in [5.74, 6) is -1.77. The number of benzene rings is 1. The molecule has 4 nitrogen and oxygen atoms in total. The molecule has 0 heterocycles. The van der Waals surface area contributed by atoms with Crippen LogP contribution in [0.2, 0.25) is 0 Å². The second-order valence-electron chi connectivity index (χ2n) is 5.62. The molecular formula is C18H26O4S. The lowest BCUT2D eigenvalue weighted by molar-refractivity contribution is 0.0439. The van der Waals surface area contributed by atoms with Gasteiger partial charge in [-0.2, -0.15) is 0 Å². The Hall–Kier alpha value is -1.49. The lowest BCUT2D eigenvalue weighted by atomic mass is 10.1. The molecule has 0 aliphatic carbocycles. The van der Waals surface area contributed by atoms with Crippen molar-refractivity contribution in [1.82, 2.24) is 0 Å². The molecular weight excluding hydrogens is 312 g/mol. The van der Waals surface area contributed by atoms with Gasteiger partial charge in [-0.1, -0.05) is 57.6 Å². The van der Waals surface area contributed by atoms with E-state index < -0.39 is 17.4 Å². The summed E-state index contributed by atoms with van der Waals surface area (Å²) in [5, 5.41) is 9.08. The molecule has 0 saturated carbocycles. The van der Waals surface area contributed by atoms with Crippen LogP contribution in [-0.4, -0.2) is 22.5 Å². The van der Waals surface area contributed by atoms with Crippen molar-refractivity contribution in [3.8, 4) is 0 Å². The molecule has 0 aromatic heterocycles. The van der Waals surface area contributed by atoms with E-state index in [-0.39, 0.29) is 11.1 Å². The van der Waals surface area contributed by atoms with Crippen molar-refractivity contribution in [2.45, 2.75) is 63.7 Å². The third-order valence-corrected chi connectivity index (χ3v) is 4.04. The van der Waals surface area contributed by atoms with Gasteiger partial charge in [-0.3, -0.25) is 0 Å². The number of esters is 1. The first kappa shape index (κ1) is 19.6. The van der Waals surface area contributed by atoms with Crippen molar-refractivity contribution in [2.75, 3.05) is 0 Å². The highest BCUT2D eigenvalue weighted by Gasteiger charge is 2.19. The zero-order valence-electron chi connectivity index (χ0n) is 13.7. The van der Waals surface area contributed by atoms with Gasteiger partial charge < -0.3 is 9.84 Å². The molecule has 23 heavy (non-hydrogen) atoms. The van der Waals surface area contributed by atoms with Crippen LogP contribution in [0.4, 0.5) is 0 Å². The van der Waals surface area contributed by atoms with Crippen LogP contribution in [-0.2, 0) is 4.74 Å². The van der Waals surface area contributed by atoms with Gasteiger partial charge in [0.2, 0.25) is 0 Å². The number of rotatable bonds is 11. The molecule has 0 spiro atoms. The molecule has 1 rings (SSSR count). The zero-order chi connectivity index (χ0) is 17.1. The van der Waals surface area contributed by atoms with Gasteiger partial charge >= 0.3 is 11.9 Å². The van der Waals surface area contributed by atoms with Crippen molar-refractivity contribution >= 4 is 24.6 Å². The first-order valence-corrected chi connectivity index (χ1v) is 8.79. The van der Waals surface area contributed by atoms with Crippen LogP contribution < -0.4 is 0 Å². The molecule has 0 aliphatic rings. The minimum Gasteiger partial charge on any atom is -0.478 e. The van der Waals surface area contributed by atoms with E-state index in [1.165, 1.54) is 44.2 Å². The molecule has 0 saturated heterocycles. The average Bonchev–Trinajstić information content (AvgIpc) is 2.53. The smallest absolute Gasteiger partial charge is 0.340 e. The molecule has 0 radical (unpaired) electrons. The number of carbonyl (C=O) groups is 2. The maximum atomic E-state index is 12.1. The molecule has 0 aliphatic heterocycles. The van der Waals surface area contributed by atoms with Crippen molar-refractivity contribution in [3.63, 3.8) is 0 Å². The summed E-state index contributed by atoms with van der Waals surface area (Å²) in [6.07, 6.45) is 8.98. The second kappa shape index (κ2) is 11.1. The quantitative estimate of drug-likeness (QED) is 0.260. The van der Waals surface area contributed by atoms with E-state index in [9.17, 15) is 9.59 Å². The Morgan fingerprint density at radius 3 is 2.22 bits per heavy atom. The fourth-order valence-corrected chi connectivity index (χ4v) is 2.65. The normalized spacial score (nSPS) is 11.9. The highest BCUT2D eigenvalue weighted by molar-refractivity contribution is 7.80. The van der Waals surface area contributed by atoms with Crippen molar-refractivity contribution < 1.29 is 19.4 Å². The van der Waals surface area contributed by atoms with E-state index in [0.717, 1.165) is 12.8 Å². The van der Waals surface area contributed by atoms with Gasteiger partial charge in [-0.15, -0.1) is 12.6 Å². The van der Waals surface area contributed by atoms with Gasteiger partial charge in [0.15, 0.2) is 0 Å². The standard InChI is InChI=1S/C18H26O4S/c1-2-3-4-5-6-7-8-13-16(23)22-18(21)15-12-10-9-11-14(15)17(19)20/h9-12,16,23H,2-8,13H2,1H3,(H,19,20). The van der Waals surface area contributed by atoms with Gasteiger partial charge in [-0.05, 0) is 25.0 Å². The SMILES string of the molecule is CCCCCCCCCC(S)OC(=O)c1ccccc1C(=O)O. The topological polar surface area (TPSA) is 63.6 Å². The van der Waals surface area contributed by atoms with Crippen LogP contribution in [0.15, 0.2) is 24.3 Å². The molecule has 0 amide bonds. The largest absolute Gasteiger partial charge is 0.478 e. The van der Waals surface area contributed by atoms with E-state index in [0.29, 0.717) is 6.42 Å². The van der Waals surface area contributed by atoms with Crippen LogP contribution in [0.3, 0.4) is 0 Å². The van der Waals surface area contributed by atoms with Crippen molar-refractivity contribution in [3.05, 3.63) is 35.4 Å². The van der Waals surface area contributed by atoms with Gasteiger partial charge in [-0.25, -0.2) is 9.59 Å². The molecule has 1 aromatic rings. The number of carboxylic acid groups (broad SMARTS) is 1. The lowest BCUT2D eigenvalue weighted by Crippen LogP contribution is -2.16. The summed E-state index contributed by atoms with van der Waals surface area (Å²) in [6, 6.07) is 6.05. The predicted molar refractivity (Wildman–Crippen MR) is 94.2 cm³/mol. The Balaban J connectivity index is 2.33. The number of thiol groups is 1. The Labute approximate surface area is 143 Å². The summed E-state index contributed by atoms with van der Waals surface area (Å²) in [6.45, 7) is 2.20. The van der Waals surface area contributed by atoms with Gasteiger partial charge in [0, 0.05) is 0 Å². The van der Waals surface area contributed by atoms with Crippen LogP contribution in [0.1, 0.15) is 79.0 Å². The summed E-state index contributed by atoms with van der Waals surface area (Å²) in [5.41, 5.74) is -0.479. The summed E-state index contributed by atoms with van der Waals surface area (Å²) in [7, 11) is 0. The first-order chi connectivity index (χ1) is 11.1. The molecule has 5 heteroatoms. The van der Waals surface area contributed by atoms with Crippen LogP contribution in [0.5, 0.6) is 0 Å². The third kappa shape index (κ3) is 7.55. The molecule has 0 bridgehead atoms. The molecule has 1 N–H and O–H groups in total. The molecule has 1 aromatic carbocycles. The van der Waals surface area contributed by atoms with Crippen LogP contribution in [0.25, 0.3) is 0 Å². The average molecular weight is 338 g/mol. The number of ether oxygens (including phenoxy) is 1. The number of carbonyl (C=O) groups excluding carboxylic acids is 1. The highest BCUT2D eigenvalue weighted by atomic mass is 32.1. The number of aromatic carboxylic acids is 1. The van der Waals surface area contributed by atoms with Gasteiger partial charge in [0.25, 0.3) is 0 Å². The fourth-order valence-electron chi connectivity index (χ4n) is 2.37. The Kier molecular flexibility index (Phi) is 9.45. The molecule has 0 fully saturated rings. The van der Waals surface area contributed by atoms with E-state index in [1.54, 1.807) is 12.1 Å². The Morgan fingerprint density at radius 2 is 1.61 bits per heavy atom. The zero-order valence-corrected chi connectivity index (χ0v) is 14.6. The number of hydrogen-bond acceptors (Lipinski definition) is 4. The van der Waals surface area contributed by atoms with Gasteiger partial charge in [0.05, 0.1) is 11.1 Å².